The molecule has 0 aliphatic carbocycles. The maximum atomic E-state index is 13.2. The van der Waals surface area contributed by atoms with Crippen LogP contribution in [0.4, 0.5) is 19.0 Å². The maximum Gasteiger partial charge on any atom is 0.418 e. The van der Waals surface area contributed by atoms with Crippen LogP contribution in [0.15, 0.2) is 12.1 Å². The number of ether oxygens (including phenoxy) is 2. The third kappa shape index (κ3) is 2.19. The number of H-pyrrole nitrogens is 1. The molecular formula is C11H12F3N3O2. The molecule has 0 aliphatic heterocycles. The van der Waals surface area contributed by atoms with Gasteiger partial charge in [0.1, 0.15) is 5.75 Å². The van der Waals surface area contributed by atoms with E-state index in [2.05, 4.69) is 14.9 Å². The van der Waals surface area contributed by atoms with E-state index >= 15 is 0 Å². The molecule has 19 heavy (non-hydrogen) atoms. The van der Waals surface area contributed by atoms with Gasteiger partial charge in [0.2, 0.25) is 0 Å². The van der Waals surface area contributed by atoms with Crippen molar-refractivity contribution in [2.45, 2.75) is 12.3 Å². The Balaban J connectivity index is 2.65. The van der Waals surface area contributed by atoms with Crippen molar-refractivity contribution in [2.24, 2.45) is 0 Å². The molecule has 0 spiro atoms. The largest absolute Gasteiger partial charge is 0.496 e. The van der Waals surface area contributed by atoms with Crippen molar-refractivity contribution in [1.82, 2.24) is 10.2 Å². The standard InChI is InChI=1S/C11H12F3N3O2/c1-18-8-5(9(19-2)11(12,13)14)3-4-6-7(8)10(15)17-16-6/h3-4,9H,1-2H3,(H3,15,16,17)/i2D3. The molecule has 1 aromatic heterocycles. The van der Waals surface area contributed by atoms with E-state index < -0.39 is 24.9 Å². The summed E-state index contributed by atoms with van der Waals surface area (Å²) in [6.07, 6.45) is -7.64. The molecule has 2 rings (SSSR count). The number of nitrogen functional groups attached to an aromatic ring is 1. The van der Waals surface area contributed by atoms with Crippen molar-refractivity contribution >= 4 is 16.7 Å². The van der Waals surface area contributed by atoms with E-state index in [1.54, 1.807) is 0 Å². The fraction of sp³-hybridized carbons (Fsp3) is 0.364. The molecule has 1 heterocycles. The highest BCUT2D eigenvalue weighted by Gasteiger charge is 2.43. The molecule has 1 atom stereocenters. The predicted molar refractivity (Wildman–Crippen MR) is 62.9 cm³/mol. The number of nitrogens with one attached hydrogen (secondary N) is 1. The van der Waals surface area contributed by atoms with Crippen LogP contribution < -0.4 is 10.5 Å². The van der Waals surface area contributed by atoms with Gasteiger partial charge in [-0.05, 0) is 6.07 Å². The average molecular weight is 278 g/mol. The van der Waals surface area contributed by atoms with E-state index in [1.165, 1.54) is 6.07 Å². The fourth-order valence-electron chi connectivity index (χ4n) is 1.86. The van der Waals surface area contributed by atoms with Gasteiger partial charge in [-0.15, -0.1) is 0 Å². The zero-order chi connectivity index (χ0) is 16.7. The van der Waals surface area contributed by atoms with Crippen LogP contribution in [0.25, 0.3) is 10.9 Å². The molecule has 0 bridgehead atoms. The minimum absolute atomic E-state index is 0.0662. The zero-order valence-corrected chi connectivity index (χ0v) is 9.71. The van der Waals surface area contributed by atoms with Crippen LogP contribution in [0.5, 0.6) is 5.75 Å². The van der Waals surface area contributed by atoms with E-state index in [1.807, 2.05) is 0 Å². The molecule has 1 unspecified atom stereocenters. The summed E-state index contributed by atoms with van der Waals surface area (Å²) in [4.78, 5) is 0. The second-order valence-corrected chi connectivity index (χ2v) is 3.76. The second-order valence-electron chi connectivity index (χ2n) is 3.76. The molecule has 5 nitrogen and oxygen atoms in total. The van der Waals surface area contributed by atoms with Crippen molar-refractivity contribution < 1.29 is 26.8 Å². The molecule has 0 fully saturated rings. The number of benzene rings is 1. The van der Waals surface area contributed by atoms with Gasteiger partial charge in [-0.2, -0.15) is 18.3 Å². The lowest BCUT2D eigenvalue weighted by molar-refractivity contribution is -0.216. The van der Waals surface area contributed by atoms with Crippen LogP contribution in [0.3, 0.4) is 0 Å². The van der Waals surface area contributed by atoms with Crippen molar-refractivity contribution in [3.05, 3.63) is 17.7 Å². The van der Waals surface area contributed by atoms with Gasteiger partial charge in [0.05, 0.1) is 22.1 Å². The summed E-state index contributed by atoms with van der Waals surface area (Å²) in [7, 11) is -2.09. The van der Waals surface area contributed by atoms with Crippen LogP contribution in [0.1, 0.15) is 15.8 Å². The van der Waals surface area contributed by atoms with Crippen molar-refractivity contribution in [2.75, 3.05) is 19.9 Å². The van der Waals surface area contributed by atoms with Gasteiger partial charge < -0.3 is 15.2 Å². The minimum atomic E-state index is -4.95. The van der Waals surface area contributed by atoms with Gasteiger partial charge in [-0.25, -0.2) is 0 Å². The molecular weight excluding hydrogens is 263 g/mol. The van der Waals surface area contributed by atoms with E-state index in [-0.39, 0.29) is 17.0 Å². The molecule has 104 valence electrons. The molecule has 0 saturated heterocycles. The van der Waals surface area contributed by atoms with Gasteiger partial charge >= 0.3 is 6.18 Å². The number of fused-ring (bicyclic) bond motifs is 1. The van der Waals surface area contributed by atoms with E-state index in [9.17, 15) is 13.2 Å². The zero-order valence-electron chi connectivity index (χ0n) is 12.7. The molecule has 0 aliphatic rings. The number of halogens is 3. The normalized spacial score (nSPS) is 16.7. The lowest BCUT2D eigenvalue weighted by Crippen LogP contribution is -2.23. The van der Waals surface area contributed by atoms with E-state index in [0.29, 0.717) is 5.52 Å². The number of nitrogens with zero attached hydrogens (tertiary/aromatic N) is 1. The SMILES string of the molecule is [2H]C([2H])([2H])OC(c1ccc2[nH]nc(N)c2c1OC)C(F)(F)F. The Hall–Kier alpha value is -1.96. The Morgan fingerprint density at radius 2 is 2.21 bits per heavy atom. The lowest BCUT2D eigenvalue weighted by Gasteiger charge is -2.21. The topological polar surface area (TPSA) is 73.2 Å². The number of hydrogen-bond donors (Lipinski definition) is 2. The summed E-state index contributed by atoms with van der Waals surface area (Å²) >= 11 is 0. The Morgan fingerprint density at radius 3 is 2.79 bits per heavy atom. The number of rotatable bonds is 3. The fourth-order valence-corrected chi connectivity index (χ4v) is 1.86. The second kappa shape index (κ2) is 4.61. The Labute approximate surface area is 110 Å². The van der Waals surface area contributed by atoms with Crippen molar-refractivity contribution in [3.63, 3.8) is 0 Å². The number of alkyl halides is 3. The summed E-state index contributed by atoms with van der Waals surface area (Å²) in [5.74, 6) is -0.307. The molecule has 1 aromatic carbocycles. The van der Waals surface area contributed by atoms with E-state index in [0.717, 1.165) is 13.2 Å². The third-order valence-corrected chi connectivity index (χ3v) is 2.64. The number of methoxy groups -OCH3 is 2. The first-order valence-corrected chi connectivity index (χ1v) is 5.09. The average Bonchev–Trinajstić information content (AvgIpc) is 2.75. The first kappa shape index (κ1) is 9.90. The summed E-state index contributed by atoms with van der Waals surface area (Å²) in [5, 5.41) is 6.34. The highest BCUT2D eigenvalue weighted by Crippen LogP contribution is 2.43. The smallest absolute Gasteiger partial charge is 0.418 e. The summed E-state index contributed by atoms with van der Waals surface area (Å²) in [6.45, 7) is 0. The number of aromatic amines is 1. The number of hydrogen-bond acceptors (Lipinski definition) is 4. The summed E-state index contributed by atoms with van der Waals surface area (Å²) in [6, 6.07) is 2.35. The molecule has 3 N–H and O–H groups in total. The summed E-state index contributed by atoms with van der Waals surface area (Å²) < 4.78 is 69.5. The summed E-state index contributed by atoms with van der Waals surface area (Å²) in [5.41, 5.74) is 5.46. The van der Waals surface area contributed by atoms with Crippen LogP contribution in [-0.4, -0.2) is 30.5 Å². The van der Waals surface area contributed by atoms with Crippen LogP contribution >= 0.6 is 0 Å². The Morgan fingerprint density at radius 1 is 1.47 bits per heavy atom. The molecule has 0 radical (unpaired) electrons. The number of anilines is 1. The molecule has 8 heteroatoms. The molecule has 0 saturated carbocycles. The highest BCUT2D eigenvalue weighted by atomic mass is 19.4. The molecule has 2 aromatic rings. The van der Waals surface area contributed by atoms with Gasteiger partial charge in [-0.1, -0.05) is 6.07 Å². The first-order chi connectivity index (χ1) is 10.0. The van der Waals surface area contributed by atoms with Gasteiger partial charge in [0, 0.05) is 12.6 Å². The van der Waals surface area contributed by atoms with Gasteiger partial charge in [0.15, 0.2) is 11.9 Å². The molecule has 0 amide bonds. The van der Waals surface area contributed by atoms with Crippen molar-refractivity contribution in [3.8, 4) is 5.75 Å². The predicted octanol–water partition coefficient (Wildman–Crippen LogP) is 2.40. The highest BCUT2D eigenvalue weighted by molar-refractivity contribution is 5.95. The van der Waals surface area contributed by atoms with Crippen LogP contribution in [0, 0.1) is 0 Å². The van der Waals surface area contributed by atoms with Crippen LogP contribution in [0.2, 0.25) is 0 Å². The van der Waals surface area contributed by atoms with Gasteiger partial charge in [0.25, 0.3) is 0 Å². The van der Waals surface area contributed by atoms with Gasteiger partial charge in [-0.3, -0.25) is 5.10 Å². The third-order valence-electron chi connectivity index (χ3n) is 2.64. The monoisotopic (exact) mass is 278 g/mol. The quantitative estimate of drug-likeness (QED) is 0.904. The lowest BCUT2D eigenvalue weighted by atomic mass is 10.0. The number of aromatic nitrogens is 2. The first-order valence-electron chi connectivity index (χ1n) is 6.59. The maximum absolute atomic E-state index is 13.2. The minimum Gasteiger partial charge on any atom is -0.496 e. The van der Waals surface area contributed by atoms with Crippen LogP contribution in [-0.2, 0) is 4.74 Å². The van der Waals surface area contributed by atoms with E-state index in [4.69, 9.17) is 14.6 Å². The Bertz CT molecular complexity index is 685. The number of nitrogens with two attached hydrogens (primary N) is 1. The van der Waals surface area contributed by atoms with Crippen molar-refractivity contribution in [1.29, 1.82) is 0 Å². The Kier molecular flexibility index (Phi) is 2.41.